The highest BCUT2D eigenvalue weighted by molar-refractivity contribution is 7.18. The monoisotopic (exact) mass is 614 g/mol. The van der Waals surface area contributed by atoms with E-state index < -0.39 is 0 Å². The zero-order chi connectivity index (χ0) is 32.1. The molecule has 1 saturated heterocycles. The summed E-state index contributed by atoms with van der Waals surface area (Å²) >= 11 is 1.79. The number of hydrogen-bond acceptors (Lipinski definition) is 4. The number of aromatic nitrogens is 3. The lowest BCUT2D eigenvalue weighted by molar-refractivity contribution is 0.231. The van der Waals surface area contributed by atoms with E-state index in [1.807, 2.05) is 50.2 Å². The second-order valence-electron chi connectivity index (χ2n) is 12.7. The van der Waals surface area contributed by atoms with Crippen molar-refractivity contribution in [2.75, 3.05) is 13.1 Å². The topological polar surface area (TPSA) is 53.9 Å². The van der Waals surface area contributed by atoms with Gasteiger partial charge in [0.15, 0.2) is 0 Å². The van der Waals surface area contributed by atoms with E-state index in [-0.39, 0.29) is 11.7 Å². The van der Waals surface area contributed by atoms with Crippen molar-refractivity contribution in [2.24, 2.45) is 0 Å². The Kier molecular flexibility index (Phi) is 14.4. The molecule has 6 rings (SSSR count). The van der Waals surface area contributed by atoms with E-state index in [9.17, 15) is 4.79 Å². The average Bonchev–Trinajstić information content (AvgIpc) is 3.48. The van der Waals surface area contributed by atoms with E-state index in [2.05, 4.69) is 98.9 Å². The summed E-state index contributed by atoms with van der Waals surface area (Å²) in [6.07, 6.45) is 5.72. The normalized spacial score (nSPS) is 13.7. The summed E-state index contributed by atoms with van der Waals surface area (Å²) in [6.45, 7) is 20.0. The molecule has 1 N–H and O–H groups in total. The maximum atomic E-state index is 11.5. The summed E-state index contributed by atoms with van der Waals surface area (Å²) in [5.41, 5.74) is 4.39. The van der Waals surface area contributed by atoms with Crippen LogP contribution in [-0.4, -0.2) is 38.6 Å². The number of hydrogen-bond donors (Lipinski definition) is 1. The van der Waals surface area contributed by atoms with Crippen LogP contribution in [0.4, 0.5) is 0 Å². The molecule has 1 aliphatic rings. The summed E-state index contributed by atoms with van der Waals surface area (Å²) in [5.74, 6) is 1.20. The minimum absolute atomic E-state index is 0.0313. The van der Waals surface area contributed by atoms with E-state index in [1.165, 1.54) is 54.0 Å². The van der Waals surface area contributed by atoms with Crippen LogP contribution in [0.3, 0.4) is 0 Å². The fourth-order valence-corrected chi connectivity index (χ4v) is 6.14. The van der Waals surface area contributed by atoms with Gasteiger partial charge in [-0.3, -0.25) is 4.57 Å². The first kappa shape index (κ1) is 35.3. The number of imidazole rings is 1. The summed E-state index contributed by atoms with van der Waals surface area (Å²) < 4.78 is 3.05. The van der Waals surface area contributed by atoms with Crippen LogP contribution >= 0.6 is 11.3 Å². The van der Waals surface area contributed by atoms with Crippen molar-refractivity contribution in [1.82, 2.24) is 19.4 Å². The van der Waals surface area contributed by atoms with Crippen LogP contribution < -0.4 is 5.69 Å². The molecule has 5 aromatic rings. The van der Waals surface area contributed by atoms with Gasteiger partial charge in [-0.15, -0.1) is 11.3 Å². The smallest absolute Gasteiger partial charge is 0.306 e. The number of rotatable bonds is 4. The molecule has 0 radical (unpaired) electrons. The molecule has 0 aliphatic carbocycles. The third kappa shape index (κ3) is 10.7. The molecule has 5 nitrogen and oxygen atoms in total. The zero-order valence-electron chi connectivity index (χ0n) is 28.2. The Labute approximate surface area is 269 Å². The molecule has 0 saturated carbocycles. The first-order chi connectivity index (χ1) is 21.1. The largest absolute Gasteiger partial charge is 0.326 e. The average molecular weight is 615 g/mol. The van der Waals surface area contributed by atoms with E-state index in [0.29, 0.717) is 11.8 Å². The quantitative estimate of drug-likeness (QED) is 0.219. The maximum Gasteiger partial charge on any atom is 0.326 e. The second kappa shape index (κ2) is 17.9. The third-order valence-electron chi connectivity index (χ3n) is 7.78. The predicted octanol–water partition coefficient (Wildman–Crippen LogP) is 10.4. The van der Waals surface area contributed by atoms with Gasteiger partial charge in [-0.25, -0.2) is 9.78 Å². The van der Waals surface area contributed by atoms with Crippen molar-refractivity contribution in [2.45, 2.75) is 105 Å². The van der Waals surface area contributed by atoms with Gasteiger partial charge in [-0.2, -0.15) is 0 Å². The van der Waals surface area contributed by atoms with Gasteiger partial charge >= 0.3 is 5.69 Å². The maximum absolute atomic E-state index is 11.5. The molecule has 6 heteroatoms. The van der Waals surface area contributed by atoms with Crippen LogP contribution in [0.2, 0.25) is 0 Å². The van der Waals surface area contributed by atoms with Gasteiger partial charge in [0.05, 0.1) is 26.3 Å². The lowest BCUT2D eigenvalue weighted by atomic mass is 10.0. The van der Waals surface area contributed by atoms with Crippen molar-refractivity contribution in [3.05, 3.63) is 99.9 Å². The number of fused-ring (bicyclic) bond motifs is 2. The van der Waals surface area contributed by atoms with Gasteiger partial charge in [0.25, 0.3) is 0 Å². The SMILES string of the molecule is CC(C)N1CCCCCC1.CC(C)c1ccccc1.CC(C)c1nc2ccccc2s1.CC(C)n1c(=O)[nH]c2ccccc21. The van der Waals surface area contributed by atoms with Gasteiger partial charge in [-0.1, -0.05) is 95.1 Å². The molecular weight excluding hydrogens is 561 g/mol. The highest BCUT2D eigenvalue weighted by atomic mass is 32.1. The molecule has 0 unspecified atom stereocenters. The first-order valence-electron chi connectivity index (χ1n) is 16.4. The van der Waals surface area contributed by atoms with Crippen LogP contribution in [-0.2, 0) is 0 Å². The molecule has 0 atom stereocenters. The lowest BCUT2D eigenvalue weighted by Gasteiger charge is -2.23. The highest BCUT2D eigenvalue weighted by Gasteiger charge is 2.11. The molecule has 0 amide bonds. The molecule has 2 aromatic heterocycles. The Hall–Kier alpha value is -3.22. The predicted molar refractivity (Wildman–Crippen MR) is 192 cm³/mol. The number of benzene rings is 3. The molecule has 3 aromatic carbocycles. The summed E-state index contributed by atoms with van der Waals surface area (Å²) in [6, 6.07) is 27.5. The standard InChI is InChI=1S/C10H12N2O.C10H11NS.C9H19N.C9H12/c1-7(2)12-9-6-4-3-5-8(9)11-10(12)13;1-7(2)10-11-8-5-3-4-6-9(8)12-10;1-9(2)10-7-5-3-4-6-8-10;1-8(2)9-6-4-3-5-7-9/h3-7H,1-2H3,(H,11,13);3-7H,1-2H3;9H,3-8H2,1-2H3;3-8H,1-2H3. The molecule has 1 fully saturated rings. The number of aromatic amines is 1. The Bertz CT molecular complexity index is 1520. The second-order valence-corrected chi connectivity index (χ2v) is 13.8. The van der Waals surface area contributed by atoms with Crippen molar-refractivity contribution in [3.63, 3.8) is 0 Å². The Morgan fingerprint density at radius 1 is 0.682 bits per heavy atom. The van der Waals surface area contributed by atoms with Gasteiger partial charge in [-0.05, 0) is 89.4 Å². The fourth-order valence-electron chi connectivity index (χ4n) is 5.17. The Morgan fingerprint density at radius 2 is 1.27 bits per heavy atom. The Balaban J connectivity index is 0.000000162. The van der Waals surface area contributed by atoms with Crippen molar-refractivity contribution in [3.8, 4) is 0 Å². The molecule has 0 spiro atoms. The molecule has 44 heavy (non-hydrogen) atoms. The van der Waals surface area contributed by atoms with Crippen molar-refractivity contribution >= 4 is 32.6 Å². The van der Waals surface area contributed by atoms with Crippen LogP contribution in [0, 0.1) is 0 Å². The minimum atomic E-state index is -0.0313. The van der Waals surface area contributed by atoms with E-state index >= 15 is 0 Å². The Morgan fingerprint density at radius 3 is 1.82 bits per heavy atom. The highest BCUT2D eigenvalue weighted by Crippen LogP contribution is 2.26. The summed E-state index contributed by atoms with van der Waals surface area (Å²) in [7, 11) is 0. The number of nitrogens with one attached hydrogen (secondary N) is 1. The number of thiazole rings is 1. The number of likely N-dealkylation sites (tertiary alicyclic amines) is 1. The molecule has 238 valence electrons. The summed E-state index contributed by atoms with van der Waals surface area (Å²) in [5, 5.41) is 1.23. The molecule has 0 bridgehead atoms. The number of para-hydroxylation sites is 3. The van der Waals surface area contributed by atoms with Crippen molar-refractivity contribution < 1.29 is 0 Å². The third-order valence-corrected chi connectivity index (χ3v) is 9.12. The first-order valence-corrected chi connectivity index (χ1v) is 17.2. The lowest BCUT2D eigenvalue weighted by Crippen LogP contribution is -2.31. The minimum Gasteiger partial charge on any atom is -0.306 e. The van der Waals surface area contributed by atoms with Crippen molar-refractivity contribution in [1.29, 1.82) is 0 Å². The fraction of sp³-hybridized carbons (Fsp3) is 0.474. The van der Waals surface area contributed by atoms with Crippen LogP contribution in [0.25, 0.3) is 21.3 Å². The van der Waals surface area contributed by atoms with Crippen LogP contribution in [0.1, 0.15) is 110 Å². The number of H-pyrrole nitrogens is 1. The molecular formula is C38H54N4OS. The number of nitrogens with zero attached hydrogens (tertiary/aromatic N) is 3. The molecule has 3 heterocycles. The van der Waals surface area contributed by atoms with Gasteiger partial charge < -0.3 is 9.88 Å². The van der Waals surface area contributed by atoms with Crippen LogP contribution in [0.15, 0.2) is 83.7 Å². The summed E-state index contributed by atoms with van der Waals surface area (Å²) in [4.78, 5) is 21.4. The van der Waals surface area contributed by atoms with E-state index in [4.69, 9.17) is 0 Å². The van der Waals surface area contributed by atoms with Gasteiger partial charge in [0.2, 0.25) is 0 Å². The van der Waals surface area contributed by atoms with E-state index in [0.717, 1.165) is 22.6 Å². The van der Waals surface area contributed by atoms with E-state index in [1.54, 1.807) is 15.9 Å². The molecule has 1 aliphatic heterocycles. The zero-order valence-corrected chi connectivity index (χ0v) is 29.0. The van der Waals surface area contributed by atoms with Gasteiger partial charge in [0.1, 0.15) is 0 Å². The van der Waals surface area contributed by atoms with Crippen LogP contribution in [0.5, 0.6) is 0 Å². The van der Waals surface area contributed by atoms with Gasteiger partial charge in [0, 0.05) is 18.0 Å².